The van der Waals surface area contributed by atoms with Gasteiger partial charge in [-0.1, -0.05) is 17.7 Å². The van der Waals surface area contributed by atoms with Crippen LogP contribution in [-0.4, -0.2) is 4.98 Å². The van der Waals surface area contributed by atoms with Crippen molar-refractivity contribution in [1.82, 2.24) is 4.98 Å². The Morgan fingerprint density at radius 1 is 1.47 bits per heavy atom. The molecule has 1 aromatic heterocycles. The molecule has 1 heterocycles. The largest absolute Gasteiger partial charge is 0.486 e. The van der Waals surface area contributed by atoms with Crippen LogP contribution in [0.15, 0.2) is 24.3 Å². The third kappa shape index (κ3) is 2.89. The highest BCUT2D eigenvalue weighted by atomic mass is 35.5. The highest BCUT2D eigenvalue weighted by molar-refractivity contribution is 7.12. The minimum absolute atomic E-state index is 0.381. The Morgan fingerprint density at radius 3 is 3.00 bits per heavy atom. The lowest BCUT2D eigenvalue weighted by Crippen LogP contribution is -1.95. The highest BCUT2D eigenvalue weighted by Crippen LogP contribution is 2.42. The Bertz CT molecular complexity index is 643. The van der Waals surface area contributed by atoms with Crippen LogP contribution in [0.1, 0.15) is 34.3 Å². The van der Waals surface area contributed by atoms with Gasteiger partial charge in [0, 0.05) is 10.9 Å². The molecular weight excluding hydrogens is 280 g/mol. The number of halogens is 1. The standard InChI is InChI=1S/C14H11ClN2OS/c15-10-2-1-3-11(6-10)18-8-13-17-14(9-4-5-9)12(7-16)19-13/h1-3,6,9H,4-5,8H2. The van der Waals surface area contributed by atoms with E-state index in [1.54, 1.807) is 12.1 Å². The van der Waals surface area contributed by atoms with Crippen molar-refractivity contribution in [3.8, 4) is 11.8 Å². The molecule has 0 bridgehead atoms. The van der Waals surface area contributed by atoms with E-state index >= 15 is 0 Å². The van der Waals surface area contributed by atoms with Crippen LogP contribution in [-0.2, 0) is 6.61 Å². The summed E-state index contributed by atoms with van der Waals surface area (Å²) in [5.41, 5.74) is 0.956. The van der Waals surface area contributed by atoms with E-state index in [4.69, 9.17) is 21.6 Å². The van der Waals surface area contributed by atoms with E-state index in [1.165, 1.54) is 11.3 Å². The molecule has 96 valence electrons. The summed E-state index contributed by atoms with van der Waals surface area (Å²) in [6.07, 6.45) is 2.29. The zero-order chi connectivity index (χ0) is 13.2. The first-order valence-electron chi connectivity index (χ1n) is 6.04. The van der Waals surface area contributed by atoms with E-state index in [0.29, 0.717) is 23.3 Å². The molecule has 0 aliphatic heterocycles. The summed E-state index contributed by atoms with van der Waals surface area (Å²) in [6.45, 7) is 0.381. The smallest absolute Gasteiger partial charge is 0.140 e. The van der Waals surface area contributed by atoms with Crippen molar-refractivity contribution in [1.29, 1.82) is 5.26 Å². The Balaban J connectivity index is 1.72. The van der Waals surface area contributed by atoms with Gasteiger partial charge in [0.2, 0.25) is 0 Å². The lowest BCUT2D eigenvalue weighted by Gasteiger charge is -2.03. The fourth-order valence-electron chi connectivity index (χ4n) is 1.86. The van der Waals surface area contributed by atoms with E-state index in [2.05, 4.69) is 11.1 Å². The van der Waals surface area contributed by atoms with Crippen LogP contribution in [0.2, 0.25) is 5.02 Å². The molecule has 2 aromatic rings. The zero-order valence-electron chi connectivity index (χ0n) is 10.1. The molecule has 1 aliphatic carbocycles. The summed E-state index contributed by atoms with van der Waals surface area (Å²) in [6, 6.07) is 9.49. The molecule has 19 heavy (non-hydrogen) atoms. The average molecular weight is 291 g/mol. The summed E-state index contributed by atoms with van der Waals surface area (Å²) >= 11 is 7.31. The molecule has 1 aliphatic rings. The number of ether oxygens (including phenoxy) is 1. The summed E-state index contributed by atoms with van der Waals surface area (Å²) in [4.78, 5) is 5.25. The average Bonchev–Trinajstić information content (AvgIpc) is 3.17. The number of benzene rings is 1. The maximum atomic E-state index is 9.09. The van der Waals surface area contributed by atoms with Gasteiger partial charge in [-0.05, 0) is 31.0 Å². The zero-order valence-corrected chi connectivity index (χ0v) is 11.7. The van der Waals surface area contributed by atoms with E-state index in [9.17, 15) is 0 Å². The number of nitrogens with zero attached hydrogens (tertiary/aromatic N) is 2. The molecule has 3 nitrogen and oxygen atoms in total. The third-order valence-corrected chi connectivity index (χ3v) is 4.11. The summed E-state index contributed by atoms with van der Waals surface area (Å²) in [5, 5.41) is 10.6. The fraction of sp³-hybridized carbons (Fsp3) is 0.286. The van der Waals surface area contributed by atoms with Crippen LogP contribution >= 0.6 is 22.9 Å². The van der Waals surface area contributed by atoms with Crippen molar-refractivity contribution in [2.45, 2.75) is 25.4 Å². The molecule has 3 rings (SSSR count). The minimum Gasteiger partial charge on any atom is -0.486 e. The van der Waals surface area contributed by atoms with Crippen molar-refractivity contribution in [2.24, 2.45) is 0 Å². The Morgan fingerprint density at radius 2 is 2.32 bits per heavy atom. The molecule has 0 amide bonds. The van der Waals surface area contributed by atoms with Gasteiger partial charge >= 0.3 is 0 Å². The third-order valence-electron chi connectivity index (χ3n) is 2.92. The van der Waals surface area contributed by atoms with Crippen LogP contribution in [0, 0.1) is 11.3 Å². The normalized spacial score (nSPS) is 14.1. The molecular formula is C14H11ClN2OS. The molecule has 5 heteroatoms. The van der Waals surface area contributed by atoms with Crippen LogP contribution < -0.4 is 4.74 Å². The molecule has 0 radical (unpaired) electrons. The van der Waals surface area contributed by atoms with Crippen molar-refractivity contribution < 1.29 is 4.74 Å². The number of nitriles is 1. The van der Waals surface area contributed by atoms with Crippen LogP contribution in [0.4, 0.5) is 0 Å². The Kier molecular flexibility index (Phi) is 3.41. The molecule has 0 saturated heterocycles. The predicted molar refractivity (Wildman–Crippen MR) is 74.6 cm³/mol. The van der Waals surface area contributed by atoms with Gasteiger partial charge in [0.1, 0.15) is 28.3 Å². The summed E-state index contributed by atoms with van der Waals surface area (Å²) < 4.78 is 5.64. The molecule has 1 fully saturated rings. The van der Waals surface area contributed by atoms with Crippen molar-refractivity contribution in [3.05, 3.63) is 44.9 Å². The SMILES string of the molecule is N#Cc1sc(COc2cccc(Cl)c2)nc1C1CC1. The predicted octanol–water partition coefficient (Wildman–Crippen LogP) is 4.12. The van der Waals surface area contributed by atoms with Crippen LogP contribution in [0.5, 0.6) is 5.75 Å². The molecule has 1 saturated carbocycles. The van der Waals surface area contributed by atoms with E-state index in [1.807, 2.05) is 12.1 Å². The van der Waals surface area contributed by atoms with E-state index in [-0.39, 0.29) is 0 Å². The Hall–Kier alpha value is -1.57. The fourth-order valence-corrected chi connectivity index (χ4v) is 2.90. The summed E-state index contributed by atoms with van der Waals surface area (Å²) in [5.74, 6) is 1.21. The van der Waals surface area contributed by atoms with Gasteiger partial charge in [-0.25, -0.2) is 4.98 Å². The molecule has 0 spiro atoms. The monoisotopic (exact) mass is 290 g/mol. The van der Waals surface area contributed by atoms with E-state index in [0.717, 1.165) is 28.4 Å². The van der Waals surface area contributed by atoms with Crippen molar-refractivity contribution in [3.63, 3.8) is 0 Å². The highest BCUT2D eigenvalue weighted by Gasteiger charge is 2.29. The lowest BCUT2D eigenvalue weighted by atomic mass is 10.3. The van der Waals surface area contributed by atoms with Gasteiger partial charge in [-0.15, -0.1) is 11.3 Å². The molecule has 0 N–H and O–H groups in total. The quantitative estimate of drug-likeness (QED) is 0.851. The maximum absolute atomic E-state index is 9.09. The summed E-state index contributed by atoms with van der Waals surface area (Å²) in [7, 11) is 0. The van der Waals surface area contributed by atoms with Gasteiger partial charge in [0.25, 0.3) is 0 Å². The Labute approximate surface area is 120 Å². The molecule has 0 atom stereocenters. The number of thiazole rings is 1. The topological polar surface area (TPSA) is 45.9 Å². The van der Waals surface area contributed by atoms with E-state index < -0.39 is 0 Å². The van der Waals surface area contributed by atoms with Gasteiger partial charge in [0.05, 0.1) is 5.69 Å². The van der Waals surface area contributed by atoms with Crippen LogP contribution in [0.3, 0.4) is 0 Å². The second kappa shape index (κ2) is 5.20. The first-order chi connectivity index (χ1) is 9.26. The van der Waals surface area contributed by atoms with Crippen LogP contribution in [0.25, 0.3) is 0 Å². The second-order valence-electron chi connectivity index (χ2n) is 4.45. The number of aromatic nitrogens is 1. The second-order valence-corrected chi connectivity index (χ2v) is 5.97. The maximum Gasteiger partial charge on any atom is 0.140 e. The molecule has 0 unspecified atom stereocenters. The molecule has 1 aromatic carbocycles. The first kappa shape index (κ1) is 12.5. The van der Waals surface area contributed by atoms with Gasteiger partial charge in [-0.3, -0.25) is 0 Å². The lowest BCUT2D eigenvalue weighted by molar-refractivity contribution is 0.305. The first-order valence-corrected chi connectivity index (χ1v) is 7.24. The van der Waals surface area contributed by atoms with Gasteiger partial charge in [-0.2, -0.15) is 5.26 Å². The number of hydrogen-bond donors (Lipinski definition) is 0. The number of rotatable bonds is 4. The van der Waals surface area contributed by atoms with Gasteiger partial charge in [0.15, 0.2) is 0 Å². The number of hydrogen-bond acceptors (Lipinski definition) is 4. The minimum atomic E-state index is 0.381. The van der Waals surface area contributed by atoms with Crippen molar-refractivity contribution >= 4 is 22.9 Å². The van der Waals surface area contributed by atoms with Crippen molar-refractivity contribution in [2.75, 3.05) is 0 Å². The van der Waals surface area contributed by atoms with Gasteiger partial charge < -0.3 is 4.74 Å².